The Morgan fingerprint density at radius 2 is 1.67 bits per heavy atom. The van der Waals surface area contributed by atoms with E-state index in [4.69, 9.17) is 0 Å². The third kappa shape index (κ3) is 3.74. The van der Waals surface area contributed by atoms with E-state index in [1.54, 1.807) is 0 Å². The smallest absolute Gasteiger partial charge is 0.191 e. The summed E-state index contributed by atoms with van der Waals surface area (Å²) in [5, 5.41) is 0. The molecule has 0 aliphatic carbocycles. The van der Waals surface area contributed by atoms with Crippen molar-refractivity contribution in [2.24, 2.45) is 0 Å². The Labute approximate surface area is 59.7 Å². The molecule has 8 heteroatoms. The zero-order valence-electron chi connectivity index (χ0n) is 3.65. The molecule has 9 heavy (non-hydrogen) atoms. The Morgan fingerprint density at radius 3 is 1.67 bits per heavy atom. The summed E-state index contributed by atoms with van der Waals surface area (Å²) in [5.41, 5.74) is 0. The Morgan fingerprint density at radius 1 is 1.33 bits per heavy atom. The van der Waals surface area contributed by atoms with Gasteiger partial charge in [-0.3, -0.25) is 0 Å². The van der Waals surface area contributed by atoms with Crippen LogP contribution >= 0.6 is 0 Å². The first-order valence-electron chi connectivity index (χ1n) is 1.33. The van der Waals surface area contributed by atoms with E-state index in [0.29, 0.717) is 0 Å². The third-order valence-corrected chi connectivity index (χ3v) is 0.918. The number of rotatable bonds is 2. The molecule has 0 rings (SSSR count). The average molecular weight is 214 g/mol. The zero-order chi connectivity index (χ0) is 6.78. The van der Waals surface area contributed by atoms with Crippen LogP contribution < -0.4 is 0 Å². The van der Waals surface area contributed by atoms with E-state index in [9.17, 15) is 21.7 Å². The maximum absolute atomic E-state index is 10.9. The second kappa shape index (κ2) is 4.10. The molecule has 0 aromatic carbocycles. The van der Waals surface area contributed by atoms with Crippen molar-refractivity contribution in [3.63, 3.8) is 0 Å². The normalized spacial score (nSPS) is 11.1. The van der Waals surface area contributed by atoms with Gasteiger partial charge in [-0.15, -0.1) is 0 Å². The van der Waals surface area contributed by atoms with Crippen molar-refractivity contribution in [1.82, 2.24) is 0 Å². The van der Waals surface area contributed by atoms with Crippen LogP contribution in [0.1, 0.15) is 0 Å². The third-order valence-electron chi connectivity index (χ3n) is 0.306. The molecule has 0 saturated heterocycles. The van der Waals surface area contributed by atoms with E-state index in [1.807, 2.05) is 4.39 Å². The monoisotopic (exact) mass is 213 g/mol. The van der Waals surface area contributed by atoms with E-state index < -0.39 is 15.9 Å². The molecular weight excluding hydrogens is 213 g/mol. The second-order valence-electron chi connectivity index (χ2n) is 0.816. The summed E-state index contributed by atoms with van der Waals surface area (Å²) in [6.07, 6.45) is 0. The van der Waals surface area contributed by atoms with Crippen LogP contribution in [0.5, 0.6) is 0 Å². The summed E-state index contributed by atoms with van der Waals surface area (Å²) in [5.74, 6) is -3.81. The molecule has 0 aromatic heterocycles. The van der Waals surface area contributed by atoms with Crippen molar-refractivity contribution in [3.8, 4) is 0 Å². The number of hydrogen-bond acceptors (Lipinski definition) is 3. The largest absolute Gasteiger partial charge is 0.363 e. The fourth-order valence-electron chi connectivity index (χ4n) is 0.0275. The maximum atomic E-state index is 10.9. The molecule has 0 saturated carbocycles. The van der Waals surface area contributed by atoms with Gasteiger partial charge < -0.3 is 0 Å². The molecule has 61 valence electrons. The van der Waals surface area contributed by atoms with Crippen LogP contribution in [0.4, 0.5) is 13.3 Å². The summed E-state index contributed by atoms with van der Waals surface area (Å²) >= 11 is 0. The van der Waals surface area contributed by atoms with Crippen molar-refractivity contribution in [3.05, 3.63) is 0 Å². The second-order valence-corrected chi connectivity index (χ2v) is 2.28. The maximum Gasteiger partial charge on any atom is 0.363 e. The number of alkyl halides is 2. The van der Waals surface area contributed by atoms with Gasteiger partial charge in [0.1, 0.15) is 0 Å². The van der Waals surface area contributed by atoms with Crippen molar-refractivity contribution in [1.29, 1.82) is 0 Å². The Hall–Kier alpha value is 0.219. The predicted molar refractivity (Wildman–Crippen MR) is 17.1 cm³/mol. The van der Waals surface area contributed by atoms with E-state index in [1.165, 1.54) is 0 Å². The van der Waals surface area contributed by atoms with E-state index in [2.05, 4.69) is 0 Å². The molecule has 0 aromatic rings. The number of hydrogen-bond donors (Lipinski definition) is 0. The van der Waals surface area contributed by atoms with Gasteiger partial charge in [-0.1, -0.05) is 4.39 Å². The molecule has 0 aliphatic rings. The van der Waals surface area contributed by atoms with Crippen LogP contribution in [0.15, 0.2) is 0 Å². The predicted octanol–water partition coefficient (Wildman–Crippen LogP) is 0.437. The number of halogens is 3. The van der Waals surface area contributed by atoms with E-state index in [0.717, 1.165) is 0 Å². The fraction of sp³-hybridized carbons (Fsp3) is 1.00. The Kier molecular flexibility index (Phi) is 5.45. The Bertz CT molecular complexity index is 152. The first kappa shape index (κ1) is 12.0. The molecule has 0 bridgehead atoms. The van der Waals surface area contributed by atoms with Gasteiger partial charge >= 0.3 is 15.9 Å². The van der Waals surface area contributed by atoms with Crippen LogP contribution in [0.25, 0.3) is 0 Å². The summed E-state index contributed by atoms with van der Waals surface area (Å²) in [6, 6.07) is 0. The zero-order valence-corrected chi connectivity index (χ0v) is 5.40. The van der Waals surface area contributed by atoms with Crippen molar-refractivity contribution in [2.75, 3.05) is 0 Å². The molecular formula is CHCuF3O3S. The van der Waals surface area contributed by atoms with Gasteiger partial charge in [0, 0.05) is 17.1 Å². The quantitative estimate of drug-likeness (QED) is 0.625. The van der Waals surface area contributed by atoms with Crippen LogP contribution in [0, 0.1) is 0 Å². The minimum Gasteiger partial charge on any atom is -0.191 e. The summed E-state index contributed by atoms with van der Waals surface area (Å²) in [6.45, 7) is 0. The SMILES string of the molecule is O=S(=O)(OF)C(F)F.[Cu]. The minimum absolute atomic E-state index is 0. The van der Waals surface area contributed by atoms with Crippen LogP contribution in [-0.4, -0.2) is 14.2 Å². The van der Waals surface area contributed by atoms with Crippen LogP contribution in [0.3, 0.4) is 0 Å². The first-order chi connectivity index (χ1) is 3.50. The molecule has 0 amide bonds. The van der Waals surface area contributed by atoms with Gasteiger partial charge in [-0.2, -0.15) is 17.2 Å². The molecule has 0 atom stereocenters. The fourth-order valence-corrected chi connectivity index (χ4v) is 0.0825. The van der Waals surface area contributed by atoms with Gasteiger partial charge in [0.05, 0.1) is 0 Å². The Balaban J connectivity index is 0. The standard InChI is InChI=1S/CHF3O3S.Cu/c2-1(3)8(5,6)7-4;/h1H;. The average Bonchev–Trinajstić information content (AvgIpc) is 1.67. The summed E-state index contributed by atoms with van der Waals surface area (Å²) < 4.78 is 52.8. The molecule has 0 N–H and O–H groups in total. The van der Waals surface area contributed by atoms with E-state index >= 15 is 0 Å². The summed E-state index contributed by atoms with van der Waals surface area (Å²) in [4.78, 5) is 0. The van der Waals surface area contributed by atoms with Crippen LogP contribution in [0.2, 0.25) is 0 Å². The van der Waals surface area contributed by atoms with Gasteiger partial charge in [-0.05, 0) is 4.53 Å². The summed E-state index contributed by atoms with van der Waals surface area (Å²) in [7, 11) is -5.24. The molecule has 3 nitrogen and oxygen atoms in total. The van der Waals surface area contributed by atoms with Gasteiger partial charge in [0.25, 0.3) is 0 Å². The molecule has 1 radical (unpaired) electrons. The van der Waals surface area contributed by atoms with Gasteiger partial charge in [0.2, 0.25) is 0 Å². The minimum atomic E-state index is -5.24. The molecule has 0 spiro atoms. The molecule has 0 aliphatic heterocycles. The van der Waals surface area contributed by atoms with Crippen molar-refractivity contribution >= 4 is 10.1 Å². The van der Waals surface area contributed by atoms with E-state index in [-0.39, 0.29) is 17.1 Å². The molecule has 0 unspecified atom stereocenters. The topological polar surface area (TPSA) is 43.4 Å². The van der Waals surface area contributed by atoms with Crippen LogP contribution in [-0.2, 0) is 31.6 Å². The molecule has 0 fully saturated rings. The van der Waals surface area contributed by atoms with Gasteiger partial charge in [0.15, 0.2) is 0 Å². The van der Waals surface area contributed by atoms with Crippen molar-refractivity contribution in [2.45, 2.75) is 5.76 Å². The van der Waals surface area contributed by atoms with Crippen molar-refractivity contribution < 1.29 is 43.2 Å². The molecule has 0 heterocycles. The van der Waals surface area contributed by atoms with Gasteiger partial charge in [-0.25, -0.2) is 0 Å². The first-order valence-corrected chi connectivity index (χ1v) is 2.80.